The smallest absolute Gasteiger partial charge is 0.326 e. The highest BCUT2D eigenvalue weighted by Gasteiger charge is 2.37. The maximum Gasteiger partial charge on any atom is 0.326 e. The average molecular weight is 235 g/mol. The molecule has 5 nitrogen and oxygen atoms in total. The number of carboxylic acid groups (broad SMARTS) is 1. The molecule has 0 spiro atoms. The van der Waals surface area contributed by atoms with Crippen molar-refractivity contribution in [3.05, 3.63) is 24.3 Å². The van der Waals surface area contributed by atoms with Crippen molar-refractivity contribution in [2.45, 2.75) is 18.9 Å². The first kappa shape index (κ1) is 11.4. The summed E-state index contributed by atoms with van der Waals surface area (Å²) in [5.41, 5.74) is 0.569. The largest absolute Gasteiger partial charge is 0.497 e. The second kappa shape index (κ2) is 4.45. The van der Waals surface area contributed by atoms with Crippen LogP contribution in [0, 0.1) is 0 Å². The van der Waals surface area contributed by atoms with Crippen LogP contribution in [0.4, 0.5) is 5.69 Å². The fraction of sp³-hybridized carbons (Fsp3) is 0.333. The minimum atomic E-state index is -0.973. The number of carbonyl (C=O) groups is 2. The first-order chi connectivity index (χ1) is 8.13. The van der Waals surface area contributed by atoms with Crippen LogP contribution in [-0.2, 0) is 9.59 Å². The number of rotatable bonds is 3. The molecule has 0 saturated carbocycles. The average Bonchev–Trinajstić information content (AvgIpc) is 2.71. The number of anilines is 1. The fourth-order valence-corrected chi connectivity index (χ4v) is 2.00. The zero-order valence-electron chi connectivity index (χ0n) is 9.42. The molecule has 1 aromatic carbocycles. The van der Waals surface area contributed by atoms with Crippen LogP contribution in [-0.4, -0.2) is 30.1 Å². The molecule has 0 aromatic heterocycles. The van der Waals surface area contributed by atoms with E-state index in [0.717, 1.165) is 0 Å². The van der Waals surface area contributed by atoms with E-state index in [2.05, 4.69) is 0 Å². The van der Waals surface area contributed by atoms with Gasteiger partial charge in [0.1, 0.15) is 11.8 Å². The molecule has 90 valence electrons. The van der Waals surface area contributed by atoms with Gasteiger partial charge in [0.2, 0.25) is 5.91 Å². The molecular weight excluding hydrogens is 222 g/mol. The lowest BCUT2D eigenvalue weighted by Gasteiger charge is -2.21. The summed E-state index contributed by atoms with van der Waals surface area (Å²) in [6, 6.07) is 6.09. The Hall–Kier alpha value is -2.04. The van der Waals surface area contributed by atoms with Crippen molar-refractivity contribution in [3.8, 4) is 5.75 Å². The number of methoxy groups -OCH3 is 1. The lowest BCUT2D eigenvalue weighted by Crippen LogP contribution is -2.38. The second-order valence-corrected chi connectivity index (χ2v) is 3.86. The zero-order chi connectivity index (χ0) is 12.4. The molecule has 0 bridgehead atoms. The third kappa shape index (κ3) is 2.08. The Morgan fingerprint density at radius 3 is 2.94 bits per heavy atom. The fourth-order valence-electron chi connectivity index (χ4n) is 2.00. The van der Waals surface area contributed by atoms with Gasteiger partial charge in [0.15, 0.2) is 0 Å². The molecule has 0 aliphatic carbocycles. The molecule has 5 heteroatoms. The highest BCUT2D eigenvalue weighted by atomic mass is 16.5. The molecule has 1 saturated heterocycles. The van der Waals surface area contributed by atoms with Crippen molar-refractivity contribution in [2.24, 2.45) is 0 Å². The molecule has 1 amide bonds. The normalized spacial score (nSPS) is 19.5. The van der Waals surface area contributed by atoms with E-state index >= 15 is 0 Å². The van der Waals surface area contributed by atoms with E-state index in [1.807, 2.05) is 0 Å². The van der Waals surface area contributed by atoms with Crippen LogP contribution in [0.2, 0.25) is 0 Å². The zero-order valence-corrected chi connectivity index (χ0v) is 9.42. The SMILES string of the molecule is COc1cccc(N2C(=O)CCC2C(=O)O)c1. The van der Waals surface area contributed by atoms with Gasteiger partial charge in [0.25, 0.3) is 0 Å². The summed E-state index contributed by atoms with van der Waals surface area (Å²) in [5, 5.41) is 9.06. The first-order valence-corrected chi connectivity index (χ1v) is 5.32. The summed E-state index contributed by atoms with van der Waals surface area (Å²) in [4.78, 5) is 24.1. The molecule has 1 fully saturated rings. The molecule has 1 aliphatic rings. The monoisotopic (exact) mass is 235 g/mol. The van der Waals surface area contributed by atoms with Gasteiger partial charge in [-0.2, -0.15) is 0 Å². The van der Waals surface area contributed by atoms with Gasteiger partial charge >= 0.3 is 5.97 Å². The van der Waals surface area contributed by atoms with E-state index in [1.54, 1.807) is 24.3 Å². The standard InChI is InChI=1S/C12H13NO4/c1-17-9-4-2-3-8(7-9)13-10(12(15)16)5-6-11(13)14/h2-4,7,10H,5-6H2,1H3,(H,15,16). The molecule has 0 radical (unpaired) electrons. The van der Waals surface area contributed by atoms with Gasteiger partial charge in [-0.1, -0.05) is 6.07 Å². The molecular formula is C12H13NO4. The van der Waals surface area contributed by atoms with Gasteiger partial charge in [-0.25, -0.2) is 4.79 Å². The van der Waals surface area contributed by atoms with Gasteiger partial charge in [-0.3, -0.25) is 9.69 Å². The number of hydrogen-bond donors (Lipinski definition) is 1. The summed E-state index contributed by atoms with van der Waals surface area (Å²) in [6.07, 6.45) is 0.625. The topological polar surface area (TPSA) is 66.8 Å². The van der Waals surface area contributed by atoms with Gasteiger partial charge in [-0.15, -0.1) is 0 Å². The number of amides is 1. The summed E-state index contributed by atoms with van der Waals surface area (Å²) in [7, 11) is 1.53. The molecule has 1 atom stereocenters. The van der Waals surface area contributed by atoms with Crippen molar-refractivity contribution < 1.29 is 19.4 Å². The van der Waals surface area contributed by atoms with Gasteiger partial charge in [0, 0.05) is 18.2 Å². The Balaban J connectivity index is 2.35. The predicted molar refractivity (Wildman–Crippen MR) is 61.1 cm³/mol. The van der Waals surface area contributed by atoms with E-state index in [4.69, 9.17) is 9.84 Å². The highest BCUT2D eigenvalue weighted by Crippen LogP contribution is 2.29. The first-order valence-electron chi connectivity index (χ1n) is 5.32. The maximum absolute atomic E-state index is 11.7. The summed E-state index contributed by atoms with van der Waals surface area (Å²) >= 11 is 0. The van der Waals surface area contributed by atoms with Crippen LogP contribution in [0.25, 0.3) is 0 Å². The third-order valence-corrected chi connectivity index (χ3v) is 2.83. The van der Waals surface area contributed by atoms with E-state index in [1.165, 1.54) is 12.0 Å². The summed E-state index contributed by atoms with van der Waals surface area (Å²) < 4.78 is 5.06. The number of hydrogen-bond acceptors (Lipinski definition) is 3. The Kier molecular flexibility index (Phi) is 2.99. The Morgan fingerprint density at radius 1 is 1.53 bits per heavy atom. The maximum atomic E-state index is 11.7. The van der Waals surface area contributed by atoms with Crippen molar-refractivity contribution in [3.63, 3.8) is 0 Å². The van der Waals surface area contributed by atoms with Gasteiger partial charge < -0.3 is 9.84 Å². The number of ether oxygens (including phenoxy) is 1. The van der Waals surface area contributed by atoms with Gasteiger partial charge in [0.05, 0.1) is 7.11 Å². The molecule has 1 aliphatic heterocycles. The number of benzene rings is 1. The highest BCUT2D eigenvalue weighted by molar-refractivity contribution is 6.02. The molecule has 1 aromatic rings. The summed E-state index contributed by atoms with van der Waals surface area (Å²) in [6.45, 7) is 0. The Labute approximate surface area is 98.6 Å². The number of nitrogens with zero attached hydrogens (tertiary/aromatic N) is 1. The van der Waals surface area contributed by atoms with Crippen molar-refractivity contribution in [2.75, 3.05) is 12.0 Å². The van der Waals surface area contributed by atoms with Crippen LogP contribution >= 0.6 is 0 Å². The van der Waals surface area contributed by atoms with E-state index < -0.39 is 12.0 Å². The van der Waals surface area contributed by atoms with Crippen LogP contribution in [0.3, 0.4) is 0 Å². The quantitative estimate of drug-likeness (QED) is 0.856. The lowest BCUT2D eigenvalue weighted by atomic mass is 10.2. The van der Waals surface area contributed by atoms with Crippen LogP contribution in [0.5, 0.6) is 5.75 Å². The van der Waals surface area contributed by atoms with Gasteiger partial charge in [-0.05, 0) is 18.6 Å². The lowest BCUT2D eigenvalue weighted by molar-refractivity contribution is -0.138. The molecule has 1 N–H and O–H groups in total. The molecule has 1 unspecified atom stereocenters. The van der Waals surface area contributed by atoms with Crippen molar-refractivity contribution in [1.29, 1.82) is 0 Å². The molecule has 17 heavy (non-hydrogen) atoms. The number of carbonyl (C=O) groups excluding carboxylic acids is 1. The van der Waals surface area contributed by atoms with Crippen molar-refractivity contribution >= 4 is 17.6 Å². The Bertz CT molecular complexity index is 458. The van der Waals surface area contributed by atoms with E-state index in [-0.39, 0.29) is 12.3 Å². The second-order valence-electron chi connectivity index (χ2n) is 3.86. The van der Waals surface area contributed by atoms with E-state index in [0.29, 0.717) is 17.9 Å². The van der Waals surface area contributed by atoms with E-state index in [9.17, 15) is 9.59 Å². The predicted octanol–water partition coefficient (Wildman–Crippen LogP) is 1.28. The minimum absolute atomic E-state index is 0.161. The number of carboxylic acids is 1. The minimum Gasteiger partial charge on any atom is -0.497 e. The summed E-state index contributed by atoms with van der Waals surface area (Å²) in [5.74, 6) is -0.532. The van der Waals surface area contributed by atoms with Crippen molar-refractivity contribution in [1.82, 2.24) is 0 Å². The van der Waals surface area contributed by atoms with Crippen LogP contribution < -0.4 is 9.64 Å². The van der Waals surface area contributed by atoms with Crippen LogP contribution in [0.15, 0.2) is 24.3 Å². The number of aliphatic carboxylic acids is 1. The Morgan fingerprint density at radius 2 is 2.29 bits per heavy atom. The third-order valence-electron chi connectivity index (χ3n) is 2.83. The molecule has 2 rings (SSSR count). The molecule has 1 heterocycles. The van der Waals surface area contributed by atoms with Crippen LogP contribution in [0.1, 0.15) is 12.8 Å².